The van der Waals surface area contributed by atoms with Crippen molar-refractivity contribution < 1.29 is 14.3 Å². The van der Waals surface area contributed by atoms with Gasteiger partial charge in [-0.05, 0) is 82.3 Å². The number of nitrogens with one attached hydrogen (secondary N) is 2. The first-order valence-electron chi connectivity index (χ1n) is 12.9. The van der Waals surface area contributed by atoms with Crippen LogP contribution in [0.5, 0.6) is 11.5 Å². The van der Waals surface area contributed by atoms with Gasteiger partial charge >= 0.3 is 6.03 Å². The molecule has 2 aliphatic rings. The van der Waals surface area contributed by atoms with E-state index in [1.54, 1.807) is 7.11 Å². The van der Waals surface area contributed by atoms with E-state index in [4.69, 9.17) is 9.47 Å². The van der Waals surface area contributed by atoms with Crippen LogP contribution in [0.1, 0.15) is 45.1 Å². The van der Waals surface area contributed by atoms with Gasteiger partial charge in [0.15, 0.2) is 0 Å². The molecule has 7 nitrogen and oxygen atoms in total. The lowest BCUT2D eigenvalue weighted by molar-refractivity contribution is 0.137. The van der Waals surface area contributed by atoms with E-state index in [0.717, 1.165) is 74.6 Å². The third-order valence-corrected chi connectivity index (χ3v) is 7.11. The second-order valence-electron chi connectivity index (χ2n) is 9.94. The number of piperazine rings is 1. The zero-order valence-electron chi connectivity index (χ0n) is 21.5. The van der Waals surface area contributed by atoms with E-state index < -0.39 is 0 Å². The quantitative estimate of drug-likeness (QED) is 0.581. The predicted octanol–water partition coefficient (Wildman–Crippen LogP) is 5.05. The molecule has 4 rings (SSSR count). The summed E-state index contributed by atoms with van der Waals surface area (Å²) in [6, 6.07) is 14.8. The van der Waals surface area contributed by atoms with E-state index in [-0.39, 0.29) is 18.2 Å². The standard InChI is InChI=1S/C28H40N4O3/c1-20(2)35-27-8-6-5-7-26(27)32-17-15-31(16-18-32)23-11-9-22(10-12-23)29-28(33)30-25-14-13-24(34-4)19-21(25)3/h5-8,13-14,19-20,22-23H,9-12,15-18H2,1-4H3,(H2,29,30,33). The molecule has 2 N–H and O–H groups in total. The van der Waals surface area contributed by atoms with E-state index in [9.17, 15) is 4.79 Å². The maximum atomic E-state index is 12.6. The Morgan fingerprint density at radius 2 is 1.71 bits per heavy atom. The Kier molecular flexibility index (Phi) is 8.39. The Morgan fingerprint density at radius 3 is 2.37 bits per heavy atom. The van der Waals surface area contributed by atoms with Crippen molar-refractivity contribution in [1.82, 2.24) is 10.2 Å². The van der Waals surface area contributed by atoms with Crippen LogP contribution in [0.3, 0.4) is 0 Å². The SMILES string of the molecule is COc1ccc(NC(=O)NC2CCC(N3CCN(c4ccccc4OC(C)C)CC3)CC2)c(C)c1. The predicted molar refractivity (Wildman–Crippen MR) is 142 cm³/mol. The fraction of sp³-hybridized carbons (Fsp3) is 0.536. The molecule has 2 fully saturated rings. The van der Waals surface area contributed by atoms with Gasteiger partial charge in [-0.3, -0.25) is 4.90 Å². The highest BCUT2D eigenvalue weighted by atomic mass is 16.5. The van der Waals surface area contributed by atoms with Crippen molar-refractivity contribution in [3.8, 4) is 11.5 Å². The summed E-state index contributed by atoms with van der Waals surface area (Å²) in [5, 5.41) is 6.16. The summed E-state index contributed by atoms with van der Waals surface area (Å²) in [7, 11) is 1.65. The molecule has 0 unspecified atom stereocenters. The number of rotatable bonds is 7. The van der Waals surface area contributed by atoms with Gasteiger partial charge in [0.05, 0.1) is 18.9 Å². The second kappa shape index (κ2) is 11.7. The molecule has 190 valence electrons. The monoisotopic (exact) mass is 480 g/mol. The van der Waals surface area contributed by atoms with Crippen molar-refractivity contribution >= 4 is 17.4 Å². The Bertz CT molecular complexity index is 980. The molecule has 1 saturated heterocycles. The van der Waals surface area contributed by atoms with Crippen LogP contribution in [0.15, 0.2) is 42.5 Å². The average molecular weight is 481 g/mol. The van der Waals surface area contributed by atoms with Gasteiger partial charge in [-0.1, -0.05) is 12.1 Å². The minimum atomic E-state index is -0.127. The largest absolute Gasteiger partial charge is 0.497 e. The van der Waals surface area contributed by atoms with Crippen LogP contribution in [-0.2, 0) is 0 Å². The summed E-state index contributed by atoms with van der Waals surface area (Å²) < 4.78 is 11.3. The number of para-hydroxylation sites is 2. The summed E-state index contributed by atoms with van der Waals surface area (Å²) in [6.07, 6.45) is 4.46. The van der Waals surface area contributed by atoms with Gasteiger partial charge in [-0.15, -0.1) is 0 Å². The highest BCUT2D eigenvalue weighted by molar-refractivity contribution is 5.90. The van der Waals surface area contributed by atoms with Crippen molar-refractivity contribution in [2.24, 2.45) is 0 Å². The van der Waals surface area contributed by atoms with Gasteiger partial charge in [0, 0.05) is 44.0 Å². The zero-order valence-corrected chi connectivity index (χ0v) is 21.5. The third kappa shape index (κ3) is 6.60. The summed E-state index contributed by atoms with van der Waals surface area (Å²) in [5.41, 5.74) is 3.00. The maximum Gasteiger partial charge on any atom is 0.319 e. The van der Waals surface area contributed by atoms with Crippen molar-refractivity contribution in [2.45, 2.75) is 64.6 Å². The number of urea groups is 1. The molecule has 1 aliphatic carbocycles. The number of carbonyl (C=O) groups is 1. The normalized spacial score (nSPS) is 21.0. The molecule has 2 aromatic rings. The number of carbonyl (C=O) groups excluding carboxylic acids is 1. The van der Waals surface area contributed by atoms with Gasteiger partial charge in [0.1, 0.15) is 11.5 Å². The fourth-order valence-electron chi connectivity index (χ4n) is 5.23. The Morgan fingerprint density at radius 1 is 1.00 bits per heavy atom. The minimum absolute atomic E-state index is 0.127. The van der Waals surface area contributed by atoms with Gasteiger partial charge < -0.3 is 25.0 Å². The Hall–Kier alpha value is -2.93. The first kappa shape index (κ1) is 25.2. The van der Waals surface area contributed by atoms with Crippen LogP contribution in [-0.4, -0.2) is 62.4 Å². The lowest BCUT2D eigenvalue weighted by atomic mass is 9.90. The number of benzene rings is 2. The number of hydrogen-bond donors (Lipinski definition) is 2. The van der Waals surface area contributed by atoms with Crippen LogP contribution in [0.25, 0.3) is 0 Å². The first-order valence-corrected chi connectivity index (χ1v) is 12.9. The number of nitrogens with zero attached hydrogens (tertiary/aromatic N) is 2. The number of methoxy groups -OCH3 is 1. The first-order chi connectivity index (χ1) is 16.9. The van der Waals surface area contributed by atoms with Crippen molar-refractivity contribution in [1.29, 1.82) is 0 Å². The number of hydrogen-bond acceptors (Lipinski definition) is 5. The molecule has 0 bridgehead atoms. The molecule has 0 atom stereocenters. The number of ether oxygens (including phenoxy) is 2. The summed E-state index contributed by atoms with van der Waals surface area (Å²) in [5.74, 6) is 1.77. The van der Waals surface area contributed by atoms with Gasteiger partial charge in [-0.25, -0.2) is 4.79 Å². The average Bonchev–Trinajstić information content (AvgIpc) is 2.86. The van der Waals surface area contributed by atoms with Crippen LogP contribution < -0.4 is 25.0 Å². The Labute approximate surface area is 209 Å². The van der Waals surface area contributed by atoms with Crippen LogP contribution in [0, 0.1) is 6.92 Å². The molecular formula is C28H40N4O3. The smallest absolute Gasteiger partial charge is 0.319 e. The topological polar surface area (TPSA) is 66.1 Å². The number of anilines is 2. The van der Waals surface area contributed by atoms with E-state index >= 15 is 0 Å². The summed E-state index contributed by atoms with van der Waals surface area (Å²) in [6.45, 7) is 10.3. The molecule has 1 heterocycles. The van der Waals surface area contributed by atoms with Gasteiger partial charge in [0.2, 0.25) is 0 Å². The van der Waals surface area contributed by atoms with Crippen molar-refractivity contribution in [2.75, 3.05) is 43.5 Å². The highest BCUT2D eigenvalue weighted by Gasteiger charge is 2.29. The zero-order chi connectivity index (χ0) is 24.8. The minimum Gasteiger partial charge on any atom is -0.497 e. The molecule has 2 aromatic carbocycles. The van der Waals surface area contributed by atoms with Crippen molar-refractivity contribution in [3.05, 3.63) is 48.0 Å². The molecule has 0 aromatic heterocycles. The summed E-state index contributed by atoms with van der Waals surface area (Å²) >= 11 is 0. The van der Waals surface area contributed by atoms with Gasteiger partial charge in [0.25, 0.3) is 0 Å². The summed E-state index contributed by atoms with van der Waals surface area (Å²) in [4.78, 5) is 17.6. The highest BCUT2D eigenvalue weighted by Crippen LogP contribution is 2.31. The van der Waals surface area contributed by atoms with E-state index in [1.807, 2.05) is 31.2 Å². The fourth-order valence-corrected chi connectivity index (χ4v) is 5.23. The molecule has 35 heavy (non-hydrogen) atoms. The third-order valence-electron chi connectivity index (χ3n) is 7.11. The van der Waals surface area contributed by atoms with E-state index in [2.05, 4.69) is 52.5 Å². The second-order valence-corrected chi connectivity index (χ2v) is 9.94. The molecule has 1 saturated carbocycles. The molecular weight excluding hydrogens is 440 g/mol. The lowest BCUT2D eigenvalue weighted by Crippen LogP contribution is -2.52. The van der Waals surface area contributed by atoms with Crippen molar-refractivity contribution in [3.63, 3.8) is 0 Å². The molecule has 2 amide bonds. The molecule has 1 aliphatic heterocycles. The molecule has 7 heteroatoms. The van der Waals surface area contributed by atoms with Crippen LogP contribution >= 0.6 is 0 Å². The van der Waals surface area contributed by atoms with Crippen LogP contribution in [0.4, 0.5) is 16.2 Å². The molecule has 0 spiro atoms. The maximum absolute atomic E-state index is 12.6. The molecule has 0 radical (unpaired) electrons. The van der Waals surface area contributed by atoms with Crippen LogP contribution in [0.2, 0.25) is 0 Å². The van der Waals surface area contributed by atoms with E-state index in [1.165, 1.54) is 5.69 Å². The lowest BCUT2D eigenvalue weighted by Gasteiger charge is -2.43. The Balaban J connectivity index is 1.22. The number of aryl methyl sites for hydroxylation is 1. The van der Waals surface area contributed by atoms with E-state index in [0.29, 0.717) is 6.04 Å². The number of amides is 2. The van der Waals surface area contributed by atoms with Gasteiger partial charge in [-0.2, -0.15) is 0 Å².